The minimum Gasteiger partial charge on any atom is -0.486 e. The van der Waals surface area contributed by atoms with Gasteiger partial charge in [-0.3, -0.25) is 4.79 Å². The second-order valence-corrected chi connectivity index (χ2v) is 3.87. The van der Waals surface area contributed by atoms with E-state index < -0.39 is 0 Å². The smallest absolute Gasteiger partial charge is 0.223 e. The van der Waals surface area contributed by atoms with Crippen LogP contribution >= 0.6 is 0 Å². The molecule has 82 valence electrons. The quantitative estimate of drug-likeness (QED) is 0.797. The molecule has 1 aliphatic carbocycles. The van der Waals surface area contributed by atoms with E-state index in [9.17, 15) is 4.79 Å². The maximum Gasteiger partial charge on any atom is 0.223 e. The highest BCUT2D eigenvalue weighted by Crippen LogP contribution is 2.36. The van der Waals surface area contributed by atoms with Gasteiger partial charge in [-0.15, -0.1) is 0 Å². The second kappa shape index (κ2) is 4.06. The van der Waals surface area contributed by atoms with Crippen LogP contribution < -0.4 is 15.9 Å². The summed E-state index contributed by atoms with van der Waals surface area (Å²) in [6.07, 6.45) is 4.24. The Kier molecular flexibility index (Phi) is 2.77. The van der Waals surface area contributed by atoms with Crippen LogP contribution in [0.1, 0.15) is 24.6 Å². The lowest BCUT2D eigenvalue weighted by molar-refractivity contribution is 0.318. The average molecular weight is 208 g/mol. The van der Waals surface area contributed by atoms with Gasteiger partial charge in [-0.2, -0.15) is 0 Å². The Morgan fingerprint density at radius 1 is 1.60 bits per heavy atom. The topological polar surface area (TPSA) is 57.2 Å². The molecule has 1 aliphatic rings. The highest BCUT2D eigenvalue weighted by molar-refractivity contribution is 5.28. The number of ether oxygens (including phenoxy) is 1. The first-order valence-corrected chi connectivity index (χ1v) is 5.28. The number of nitrogens with two attached hydrogens (primary N) is 1. The Balaban J connectivity index is 2.33. The second-order valence-electron chi connectivity index (χ2n) is 3.87. The molecule has 1 fully saturated rings. The van der Waals surface area contributed by atoms with Gasteiger partial charge >= 0.3 is 0 Å². The van der Waals surface area contributed by atoms with E-state index >= 15 is 0 Å². The van der Waals surface area contributed by atoms with Crippen molar-refractivity contribution in [3.05, 3.63) is 28.2 Å². The van der Waals surface area contributed by atoms with Crippen LogP contribution in [0.5, 0.6) is 5.75 Å². The van der Waals surface area contributed by atoms with Gasteiger partial charge in [0.05, 0.1) is 5.69 Å². The number of hydrogen-bond donors (Lipinski definition) is 1. The molecule has 0 aromatic carbocycles. The van der Waals surface area contributed by atoms with Gasteiger partial charge in [-0.25, -0.2) is 0 Å². The van der Waals surface area contributed by atoms with Gasteiger partial charge in [-0.1, -0.05) is 0 Å². The summed E-state index contributed by atoms with van der Waals surface area (Å²) in [6, 6.07) is 2.13. The summed E-state index contributed by atoms with van der Waals surface area (Å²) in [5.41, 5.74) is 6.21. The third-order valence-electron chi connectivity index (χ3n) is 2.63. The molecule has 0 saturated heterocycles. The van der Waals surface area contributed by atoms with Gasteiger partial charge in [0.2, 0.25) is 5.43 Å². The highest BCUT2D eigenvalue weighted by Gasteiger charge is 2.25. The molecule has 0 bridgehead atoms. The summed E-state index contributed by atoms with van der Waals surface area (Å²) in [5, 5.41) is 0. The molecule has 0 spiro atoms. The van der Waals surface area contributed by atoms with Crippen LogP contribution in [0.2, 0.25) is 0 Å². The van der Waals surface area contributed by atoms with E-state index in [0.29, 0.717) is 24.9 Å². The maximum atomic E-state index is 11.6. The Labute approximate surface area is 88.7 Å². The van der Waals surface area contributed by atoms with Crippen molar-refractivity contribution < 1.29 is 4.74 Å². The van der Waals surface area contributed by atoms with Crippen LogP contribution in [0.25, 0.3) is 0 Å². The minimum atomic E-state index is -0.0575. The van der Waals surface area contributed by atoms with E-state index in [0.717, 1.165) is 5.69 Å². The SMILES string of the molecule is Cc1c(OCCN)c(=O)ccn1C1CC1. The number of nitrogens with zero attached hydrogens (tertiary/aromatic N) is 1. The molecular formula is C11H16N2O2. The van der Waals surface area contributed by atoms with Crippen LogP contribution in [-0.4, -0.2) is 17.7 Å². The normalized spacial score (nSPS) is 15.3. The van der Waals surface area contributed by atoms with E-state index in [2.05, 4.69) is 4.57 Å². The summed E-state index contributed by atoms with van der Waals surface area (Å²) in [4.78, 5) is 11.6. The van der Waals surface area contributed by atoms with Crippen LogP contribution in [0.15, 0.2) is 17.1 Å². The molecule has 1 saturated carbocycles. The molecule has 0 radical (unpaired) electrons. The molecule has 15 heavy (non-hydrogen) atoms. The first-order valence-electron chi connectivity index (χ1n) is 5.28. The molecule has 1 heterocycles. The summed E-state index contributed by atoms with van der Waals surface area (Å²) >= 11 is 0. The number of rotatable bonds is 4. The lowest BCUT2D eigenvalue weighted by Gasteiger charge is -2.13. The van der Waals surface area contributed by atoms with Crippen molar-refractivity contribution in [2.45, 2.75) is 25.8 Å². The molecule has 0 amide bonds. The fourth-order valence-corrected chi connectivity index (χ4v) is 1.72. The largest absolute Gasteiger partial charge is 0.486 e. The van der Waals surface area contributed by atoms with E-state index in [-0.39, 0.29) is 5.43 Å². The number of aromatic nitrogens is 1. The molecular weight excluding hydrogens is 192 g/mol. The summed E-state index contributed by atoms with van der Waals surface area (Å²) in [5.74, 6) is 0.454. The summed E-state index contributed by atoms with van der Waals surface area (Å²) in [6.45, 7) is 2.74. The lowest BCUT2D eigenvalue weighted by atomic mass is 10.3. The fraction of sp³-hybridized carbons (Fsp3) is 0.545. The van der Waals surface area contributed by atoms with E-state index in [1.807, 2.05) is 13.1 Å². The molecule has 1 aromatic rings. The first kappa shape index (κ1) is 10.2. The van der Waals surface area contributed by atoms with E-state index in [1.54, 1.807) is 6.07 Å². The molecule has 0 atom stereocenters. The molecule has 0 aliphatic heterocycles. The molecule has 4 heteroatoms. The van der Waals surface area contributed by atoms with Crippen molar-refractivity contribution in [1.29, 1.82) is 0 Å². The van der Waals surface area contributed by atoms with Crippen LogP contribution in [0.3, 0.4) is 0 Å². The molecule has 4 nitrogen and oxygen atoms in total. The van der Waals surface area contributed by atoms with E-state index in [1.165, 1.54) is 12.8 Å². The summed E-state index contributed by atoms with van der Waals surface area (Å²) < 4.78 is 7.50. The Hall–Kier alpha value is -1.29. The third kappa shape index (κ3) is 2.04. The predicted molar refractivity (Wildman–Crippen MR) is 58.3 cm³/mol. The van der Waals surface area contributed by atoms with Gasteiger partial charge < -0.3 is 15.0 Å². The monoisotopic (exact) mass is 208 g/mol. The first-order chi connectivity index (χ1) is 7.24. The Morgan fingerprint density at radius 3 is 2.93 bits per heavy atom. The zero-order valence-electron chi connectivity index (χ0n) is 8.90. The van der Waals surface area contributed by atoms with Crippen molar-refractivity contribution >= 4 is 0 Å². The molecule has 2 rings (SSSR count). The lowest BCUT2D eigenvalue weighted by Crippen LogP contribution is -2.18. The van der Waals surface area contributed by atoms with Crippen molar-refractivity contribution in [3.8, 4) is 5.75 Å². The van der Waals surface area contributed by atoms with Crippen LogP contribution in [-0.2, 0) is 0 Å². The fourth-order valence-electron chi connectivity index (χ4n) is 1.72. The van der Waals surface area contributed by atoms with Crippen LogP contribution in [0, 0.1) is 6.92 Å². The molecule has 0 unspecified atom stereocenters. The van der Waals surface area contributed by atoms with E-state index in [4.69, 9.17) is 10.5 Å². The van der Waals surface area contributed by atoms with Crippen molar-refractivity contribution in [2.75, 3.05) is 13.2 Å². The molecule has 2 N–H and O–H groups in total. The number of pyridine rings is 1. The zero-order valence-corrected chi connectivity index (χ0v) is 8.90. The van der Waals surface area contributed by atoms with Gasteiger partial charge in [0.1, 0.15) is 6.61 Å². The predicted octanol–water partition coefficient (Wildman–Crippen LogP) is 0.829. The van der Waals surface area contributed by atoms with Gasteiger partial charge in [0.15, 0.2) is 5.75 Å². The molecule has 1 aromatic heterocycles. The van der Waals surface area contributed by atoms with Crippen molar-refractivity contribution in [2.24, 2.45) is 5.73 Å². The minimum absolute atomic E-state index is 0.0575. The van der Waals surface area contributed by atoms with Gasteiger partial charge in [0, 0.05) is 24.8 Å². The Bertz CT molecular complexity index is 408. The third-order valence-corrected chi connectivity index (χ3v) is 2.63. The average Bonchev–Trinajstić information content (AvgIpc) is 3.01. The zero-order chi connectivity index (χ0) is 10.8. The van der Waals surface area contributed by atoms with Gasteiger partial charge in [-0.05, 0) is 19.8 Å². The summed E-state index contributed by atoms with van der Waals surface area (Å²) in [7, 11) is 0. The van der Waals surface area contributed by atoms with Crippen LogP contribution in [0.4, 0.5) is 0 Å². The Morgan fingerprint density at radius 2 is 2.33 bits per heavy atom. The van der Waals surface area contributed by atoms with Crippen molar-refractivity contribution in [1.82, 2.24) is 4.57 Å². The number of hydrogen-bond acceptors (Lipinski definition) is 3. The van der Waals surface area contributed by atoms with Crippen molar-refractivity contribution in [3.63, 3.8) is 0 Å². The van der Waals surface area contributed by atoms with Gasteiger partial charge in [0.25, 0.3) is 0 Å². The maximum absolute atomic E-state index is 11.6. The highest BCUT2D eigenvalue weighted by atomic mass is 16.5. The standard InChI is InChI=1S/C11H16N2O2/c1-8-11(15-7-5-12)10(14)4-6-13(8)9-2-3-9/h4,6,9H,2-3,5,7,12H2,1H3.